The SMILES string of the molecule is CC1CC(CN)CN1C(=O)c1ccc(N2CCCCC2)cc1.Cl.Cl. The number of carbonyl (C=O) groups excluding carboxylic acids is 1. The summed E-state index contributed by atoms with van der Waals surface area (Å²) in [7, 11) is 0. The van der Waals surface area contributed by atoms with Crippen LogP contribution in [0.1, 0.15) is 43.0 Å². The van der Waals surface area contributed by atoms with Crippen LogP contribution in [0.5, 0.6) is 0 Å². The maximum atomic E-state index is 12.7. The van der Waals surface area contributed by atoms with E-state index in [1.807, 2.05) is 17.0 Å². The number of nitrogens with zero attached hydrogens (tertiary/aromatic N) is 2. The molecule has 1 aromatic rings. The third kappa shape index (κ3) is 4.56. The summed E-state index contributed by atoms with van der Waals surface area (Å²) >= 11 is 0. The number of piperidine rings is 1. The number of carbonyl (C=O) groups is 1. The summed E-state index contributed by atoms with van der Waals surface area (Å²) in [5.74, 6) is 0.597. The molecule has 2 N–H and O–H groups in total. The van der Waals surface area contributed by atoms with E-state index in [9.17, 15) is 4.79 Å². The highest BCUT2D eigenvalue weighted by Gasteiger charge is 2.32. The molecule has 24 heavy (non-hydrogen) atoms. The molecule has 0 radical (unpaired) electrons. The van der Waals surface area contributed by atoms with E-state index in [0.717, 1.165) is 31.6 Å². The number of nitrogens with two attached hydrogens (primary N) is 1. The third-order valence-electron chi connectivity index (χ3n) is 5.09. The minimum absolute atomic E-state index is 0. The summed E-state index contributed by atoms with van der Waals surface area (Å²) in [4.78, 5) is 17.1. The van der Waals surface area contributed by atoms with Gasteiger partial charge in [-0.25, -0.2) is 0 Å². The Kier molecular flexibility index (Phi) is 8.34. The predicted molar refractivity (Wildman–Crippen MR) is 105 cm³/mol. The summed E-state index contributed by atoms with van der Waals surface area (Å²) in [6.45, 7) is 5.85. The van der Waals surface area contributed by atoms with Crippen LogP contribution in [0.15, 0.2) is 24.3 Å². The zero-order valence-electron chi connectivity index (χ0n) is 14.3. The molecule has 0 aromatic heterocycles. The fourth-order valence-electron chi connectivity index (χ4n) is 3.73. The first kappa shape index (κ1) is 21.1. The van der Waals surface area contributed by atoms with Gasteiger partial charge in [-0.1, -0.05) is 0 Å². The van der Waals surface area contributed by atoms with Gasteiger partial charge in [-0.3, -0.25) is 4.79 Å². The van der Waals surface area contributed by atoms with Crippen LogP contribution < -0.4 is 10.6 Å². The van der Waals surface area contributed by atoms with Crippen LogP contribution in [0, 0.1) is 5.92 Å². The Balaban J connectivity index is 0.00000144. The van der Waals surface area contributed by atoms with Gasteiger partial charge in [0, 0.05) is 36.9 Å². The van der Waals surface area contributed by atoms with Gasteiger partial charge in [0.25, 0.3) is 5.91 Å². The van der Waals surface area contributed by atoms with E-state index in [1.165, 1.54) is 24.9 Å². The van der Waals surface area contributed by atoms with E-state index in [4.69, 9.17) is 5.73 Å². The van der Waals surface area contributed by atoms with Gasteiger partial charge in [0.1, 0.15) is 0 Å². The lowest BCUT2D eigenvalue weighted by Crippen LogP contribution is -2.34. The molecule has 2 atom stereocenters. The molecule has 2 heterocycles. The second-order valence-electron chi connectivity index (χ2n) is 6.74. The normalized spacial score (nSPS) is 23.4. The first-order valence-corrected chi connectivity index (χ1v) is 8.55. The Morgan fingerprint density at radius 1 is 1.12 bits per heavy atom. The highest BCUT2D eigenvalue weighted by molar-refractivity contribution is 5.95. The maximum absolute atomic E-state index is 12.7. The number of likely N-dealkylation sites (tertiary alicyclic amines) is 1. The number of hydrogen-bond acceptors (Lipinski definition) is 3. The first-order chi connectivity index (χ1) is 10.7. The lowest BCUT2D eigenvalue weighted by atomic mass is 10.1. The highest BCUT2D eigenvalue weighted by atomic mass is 35.5. The Bertz CT molecular complexity index is 518. The third-order valence-corrected chi connectivity index (χ3v) is 5.09. The van der Waals surface area contributed by atoms with Gasteiger partial charge in [-0.2, -0.15) is 0 Å². The molecule has 1 amide bonds. The Hall–Kier alpha value is -0.970. The summed E-state index contributed by atoms with van der Waals surface area (Å²) < 4.78 is 0. The van der Waals surface area contributed by atoms with Crippen molar-refractivity contribution >= 4 is 36.4 Å². The molecule has 1 aromatic carbocycles. The molecule has 0 saturated carbocycles. The monoisotopic (exact) mass is 373 g/mol. The quantitative estimate of drug-likeness (QED) is 0.883. The van der Waals surface area contributed by atoms with Gasteiger partial charge in [-0.15, -0.1) is 24.8 Å². The van der Waals surface area contributed by atoms with E-state index in [2.05, 4.69) is 24.0 Å². The van der Waals surface area contributed by atoms with Crippen molar-refractivity contribution in [2.45, 2.75) is 38.6 Å². The molecule has 2 saturated heterocycles. The molecule has 0 bridgehead atoms. The van der Waals surface area contributed by atoms with Gasteiger partial charge in [-0.05, 0) is 69.3 Å². The molecule has 2 aliphatic heterocycles. The average molecular weight is 374 g/mol. The average Bonchev–Trinajstić information content (AvgIpc) is 2.96. The Morgan fingerprint density at radius 2 is 1.75 bits per heavy atom. The Labute approximate surface area is 157 Å². The van der Waals surface area contributed by atoms with Crippen molar-refractivity contribution in [3.8, 4) is 0 Å². The van der Waals surface area contributed by atoms with E-state index < -0.39 is 0 Å². The molecule has 2 fully saturated rings. The highest BCUT2D eigenvalue weighted by Crippen LogP contribution is 2.25. The molecule has 2 unspecified atom stereocenters. The molecule has 0 spiro atoms. The Morgan fingerprint density at radius 3 is 2.29 bits per heavy atom. The van der Waals surface area contributed by atoms with Crippen molar-refractivity contribution in [3.05, 3.63) is 29.8 Å². The van der Waals surface area contributed by atoms with E-state index in [1.54, 1.807) is 0 Å². The molecular formula is C18H29Cl2N3O. The molecule has 6 heteroatoms. The van der Waals surface area contributed by atoms with Crippen LogP contribution in [0.25, 0.3) is 0 Å². The largest absolute Gasteiger partial charge is 0.372 e. The van der Waals surface area contributed by atoms with Crippen molar-refractivity contribution in [3.63, 3.8) is 0 Å². The second-order valence-corrected chi connectivity index (χ2v) is 6.74. The van der Waals surface area contributed by atoms with Gasteiger partial charge < -0.3 is 15.5 Å². The number of benzene rings is 1. The fourth-order valence-corrected chi connectivity index (χ4v) is 3.73. The molecule has 3 rings (SSSR count). The van der Waals surface area contributed by atoms with E-state index in [-0.39, 0.29) is 30.7 Å². The van der Waals surface area contributed by atoms with Gasteiger partial charge in [0.2, 0.25) is 0 Å². The van der Waals surface area contributed by atoms with Gasteiger partial charge in [0.15, 0.2) is 0 Å². The minimum Gasteiger partial charge on any atom is -0.372 e. The first-order valence-electron chi connectivity index (χ1n) is 8.55. The lowest BCUT2D eigenvalue weighted by Gasteiger charge is -2.29. The summed E-state index contributed by atoms with van der Waals surface area (Å²) in [5.41, 5.74) is 7.79. The van der Waals surface area contributed by atoms with Crippen molar-refractivity contribution in [1.82, 2.24) is 4.90 Å². The lowest BCUT2D eigenvalue weighted by molar-refractivity contribution is 0.0743. The number of rotatable bonds is 3. The molecule has 2 aliphatic rings. The zero-order valence-corrected chi connectivity index (χ0v) is 16.0. The van der Waals surface area contributed by atoms with E-state index in [0.29, 0.717) is 18.5 Å². The van der Waals surface area contributed by atoms with Crippen molar-refractivity contribution in [2.75, 3.05) is 31.1 Å². The predicted octanol–water partition coefficient (Wildman–Crippen LogP) is 3.33. The molecule has 136 valence electrons. The topological polar surface area (TPSA) is 49.6 Å². The number of amides is 1. The van der Waals surface area contributed by atoms with Crippen molar-refractivity contribution in [1.29, 1.82) is 0 Å². The molecular weight excluding hydrogens is 345 g/mol. The summed E-state index contributed by atoms with van der Waals surface area (Å²) in [5, 5.41) is 0. The van der Waals surface area contributed by atoms with Crippen LogP contribution in [0.2, 0.25) is 0 Å². The summed E-state index contributed by atoms with van der Waals surface area (Å²) in [6, 6.07) is 8.45. The number of halogens is 2. The smallest absolute Gasteiger partial charge is 0.254 e. The van der Waals surface area contributed by atoms with Crippen LogP contribution in [0.4, 0.5) is 5.69 Å². The van der Waals surface area contributed by atoms with Crippen LogP contribution in [-0.4, -0.2) is 43.0 Å². The minimum atomic E-state index is 0. The summed E-state index contributed by atoms with van der Waals surface area (Å²) in [6.07, 6.45) is 4.90. The van der Waals surface area contributed by atoms with Crippen LogP contribution in [0.3, 0.4) is 0 Å². The molecule has 4 nitrogen and oxygen atoms in total. The number of hydrogen-bond donors (Lipinski definition) is 1. The number of anilines is 1. The zero-order chi connectivity index (χ0) is 15.5. The van der Waals surface area contributed by atoms with Crippen LogP contribution in [-0.2, 0) is 0 Å². The van der Waals surface area contributed by atoms with Gasteiger partial charge >= 0.3 is 0 Å². The second kappa shape index (κ2) is 9.50. The maximum Gasteiger partial charge on any atom is 0.254 e. The standard InChI is InChI=1S/C18H27N3O.2ClH/c1-14-11-15(12-19)13-21(14)18(22)16-5-7-17(8-6-16)20-9-3-2-4-10-20;;/h5-8,14-15H,2-4,9-13,19H2,1H3;2*1H. The van der Waals surface area contributed by atoms with Gasteiger partial charge in [0.05, 0.1) is 0 Å². The van der Waals surface area contributed by atoms with E-state index >= 15 is 0 Å². The van der Waals surface area contributed by atoms with Crippen molar-refractivity contribution < 1.29 is 4.79 Å². The van der Waals surface area contributed by atoms with Crippen molar-refractivity contribution in [2.24, 2.45) is 11.7 Å². The fraction of sp³-hybridized carbons (Fsp3) is 0.611. The van der Waals surface area contributed by atoms with Crippen LogP contribution >= 0.6 is 24.8 Å². The molecule has 0 aliphatic carbocycles.